The van der Waals surface area contributed by atoms with Gasteiger partial charge in [0.2, 0.25) is 5.91 Å². The second kappa shape index (κ2) is 6.99. The Balaban J connectivity index is 1.84. The lowest BCUT2D eigenvalue weighted by molar-refractivity contribution is -0.120. The molecule has 0 saturated carbocycles. The van der Waals surface area contributed by atoms with Crippen molar-refractivity contribution in [1.29, 1.82) is 0 Å². The van der Waals surface area contributed by atoms with E-state index >= 15 is 0 Å². The molecule has 0 radical (unpaired) electrons. The van der Waals surface area contributed by atoms with Crippen molar-refractivity contribution in [2.75, 3.05) is 6.54 Å². The Bertz CT molecular complexity index is 716. The summed E-state index contributed by atoms with van der Waals surface area (Å²) in [5, 5.41) is 2.60. The number of sulfonamides is 1. The Morgan fingerprint density at radius 3 is 2.76 bits per heavy atom. The van der Waals surface area contributed by atoms with Crippen LogP contribution in [-0.2, 0) is 21.4 Å². The van der Waals surface area contributed by atoms with Crippen LogP contribution < -0.4 is 10.0 Å². The normalized spacial score (nSPS) is 11.3. The predicted molar refractivity (Wildman–Crippen MR) is 80.6 cm³/mol. The van der Waals surface area contributed by atoms with Crippen LogP contribution >= 0.6 is 22.9 Å². The third-order valence-corrected chi connectivity index (χ3v) is 5.57. The average molecular weight is 346 g/mol. The summed E-state index contributed by atoms with van der Waals surface area (Å²) in [4.78, 5) is 15.5. The lowest BCUT2D eigenvalue weighted by atomic mass is 10.3. The summed E-state index contributed by atoms with van der Waals surface area (Å²) in [5.41, 5.74) is 0.832. The van der Waals surface area contributed by atoms with E-state index in [1.165, 1.54) is 12.1 Å². The Morgan fingerprint density at radius 2 is 2.14 bits per heavy atom. The number of carbonyl (C=O) groups is 1. The van der Waals surface area contributed by atoms with Crippen LogP contribution in [0.1, 0.15) is 5.56 Å². The van der Waals surface area contributed by atoms with Gasteiger partial charge in [-0.1, -0.05) is 17.7 Å². The maximum Gasteiger partial charge on any atom is 0.250 e. The van der Waals surface area contributed by atoms with Crippen molar-refractivity contribution in [2.24, 2.45) is 0 Å². The van der Waals surface area contributed by atoms with Gasteiger partial charge < -0.3 is 5.32 Å². The molecular formula is C12H12ClN3O3S2. The number of hydrogen-bond donors (Lipinski definition) is 2. The molecule has 6 nitrogen and oxygen atoms in total. The Kier molecular flexibility index (Phi) is 5.29. The smallest absolute Gasteiger partial charge is 0.250 e. The van der Waals surface area contributed by atoms with Crippen LogP contribution in [0.4, 0.5) is 0 Å². The fraction of sp³-hybridized carbons (Fsp3) is 0.167. The molecule has 0 fully saturated rings. The second-order valence-corrected chi connectivity index (χ2v) is 7.73. The number of hydrogen-bond acceptors (Lipinski definition) is 5. The molecule has 21 heavy (non-hydrogen) atoms. The molecule has 2 aromatic rings. The lowest BCUT2D eigenvalue weighted by Gasteiger charge is -2.06. The van der Waals surface area contributed by atoms with Gasteiger partial charge in [0.05, 0.1) is 10.9 Å². The van der Waals surface area contributed by atoms with Crippen molar-refractivity contribution in [1.82, 2.24) is 15.0 Å². The van der Waals surface area contributed by atoms with Crippen molar-refractivity contribution in [3.05, 3.63) is 46.6 Å². The minimum absolute atomic E-state index is 0.0764. The van der Waals surface area contributed by atoms with Crippen molar-refractivity contribution < 1.29 is 13.2 Å². The summed E-state index contributed by atoms with van der Waals surface area (Å²) in [6, 6.07) is 6.45. The molecule has 0 saturated heterocycles. The van der Waals surface area contributed by atoms with Gasteiger partial charge in [0.15, 0.2) is 0 Å². The van der Waals surface area contributed by atoms with Gasteiger partial charge in [-0.25, -0.2) is 13.1 Å². The lowest BCUT2D eigenvalue weighted by Crippen LogP contribution is -2.36. The molecular weight excluding hydrogens is 334 g/mol. The molecule has 2 aromatic heterocycles. The van der Waals surface area contributed by atoms with E-state index in [1.54, 1.807) is 18.5 Å². The molecule has 0 atom stereocenters. The third-order valence-electron chi connectivity index (χ3n) is 2.45. The number of halogens is 1. The van der Waals surface area contributed by atoms with E-state index in [0.717, 1.165) is 16.9 Å². The molecule has 0 aliphatic heterocycles. The Hall–Kier alpha value is -1.48. The van der Waals surface area contributed by atoms with Gasteiger partial charge >= 0.3 is 0 Å². The van der Waals surface area contributed by atoms with Crippen LogP contribution in [0.25, 0.3) is 0 Å². The van der Waals surface area contributed by atoms with Gasteiger partial charge in [0, 0.05) is 18.9 Å². The molecule has 0 spiro atoms. The number of aromatic nitrogens is 1. The minimum Gasteiger partial charge on any atom is -0.351 e. The number of nitrogens with one attached hydrogen (secondary N) is 2. The standard InChI is InChI=1S/C12H12ClN3O3S2/c13-10-3-4-12(20-10)21(18,19)16-8-11(17)15-7-9-2-1-5-14-6-9/h1-6,16H,7-8H2,(H,15,17). The van der Waals surface area contributed by atoms with E-state index in [-0.39, 0.29) is 10.8 Å². The molecule has 2 heterocycles. The summed E-state index contributed by atoms with van der Waals surface area (Å²) in [6.07, 6.45) is 3.25. The number of pyridine rings is 1. The molecule has 0 aromatic carbocycles. The molecule has 0 aliphatic rings. The fourth-order valence-corrected chi connectivity index (χ4v) is 3.95. The van der Waals surface area contributed by atoms with Gasteiger partial charge in [-0.15, -0.1) is 11.3 Å². The van der Waals surface area contributed by atoms with E-state index in [1.807, 2.05) is 6.07 Å². The van der Waals surface area contributed by atoms with Crippen LogP contribution in [0.15, 0.2) is 40.9 Å². The highest BCUT2D eigenvalue weighted by atomic mass is 35.5. The van der Waals surface area contributed by atoms with Crippen molar-refractivity contribution in [3.63, 3.8) is 0 Å². The zero-order chi connectivity index (χ0) is 15.3. The van der Waals surface area contributed by atoms with E-state index in [4.69, 9.17) is 11.6 Å². The van der Waals surface area contributed by atoms with Crippen LogP contribution in [0.2, 0.25) is 4.34 Å². The molecule has 2 N–H and O–H groups in total. The van der Waals surface area contributed by atoms with Crippen LogP contribution in [-0.4, -0.2) is 25.9 Å². The van der Waals surface area contributed by atoms with Crippen molar-refractivity contribution >= 4 is 38.9 Å². The SMILES string of the molecule is O=C(CNS(=O)(=O)c1ccc(Cl)s1)NCc1cccnc1. The third kappa shape index (κ3) is 4.78. The molecule has 1 amide bonds. The molecule has 0 unspecified atom stereocenters. The topological polar surface area (TPSA) is 88.2 Å². The van der Waals surface area contributed by atoms with Gasteiger partial charge in [-0.2, -0.15) is 0 Å². The van der Waals surface area contributed by atoms with Gasteiger partial charge in [-0.05, 0) is 23.8 Å². The number of rotatable bonds is 6. The van der Waals surface area contributed by atoms with Crippen molar-refractivity contribution in [2.45, 2.75) is 10.8 Å². The maximum atomic E-state index is 11.9. The van der Waals surface area contributed by atoms with Crippen molar-refractivity contribution in [3.8, 4) is 0 Å². The van der Waals surface area contributed by atoms with Gasteiger partial charge in [0.1, 0.15) is 4.21 Å². The first kappa shape index (κ1) is 15.9. The Labute approximate surface area is 131 Å². The maximum absolute atomic E-state index is 11.9. The molecule has 0 bridgehead atoms. The summed E-state index contributed by atoms with van der Waals surface area (Å²) in [6.45, 7) is -0.0443. The highest BCUT2D eigenvalue weighted by molar-refractivity contribution is 7.91. The number of amides is 1. The molecule has 2 rings (SSSR count). The Morgan fingerprint density at radius 1 is 1.33 bits per heavy atom. The zero-order valence-corrected chi connectivity index (χ0v) is 13.1. The average Bonchev–Trinajstić information content (AvgIpc) is 2.92. The number of thiophene rings is 1. The number of carbonyl (C=O) groups excluding carboxylic acids is 1. The van der Waals surface area contributed by atoms with Crippen LogP contribution in [0.3, 0.4) is 0 Å². The first-order valence-electron chi connectivity index (χ1n) is 5.88. The fourth-order valence-electron chi connectivity index (χ4n) is 1.44. The van der Waals surface area contributed by atoms with Gasteiger partial charge in [0.25, 0.3) is 10.0 Å². The van der Waals surface area contributed by atoms with Gasteiger partial charge in [-0.3, -0.25) is 9.78 Å². The van der Waals surface area contributed by atoms with E-state index in [2.05, 4.69) is 15.0 Å². The summed E-state index contributed by atoms with van der Waals surface area (Å²) >= 11 is 6.62. The highest BCUT2D eigenvalue weighted by Crippen LogP contribution is 2.25. The van der Waals surface area contributed by atoms with E-state index in [0.29, 0.717) is 10.9 Å². The molecule has 0 aliphatic carbocycles. The molecule has 9 heteroatoms. The summed E-state index contributed by atoms with van der Waals surface area (Å²) in [7, 11) is -3.71. The quantitative estimate of drug-likeness (QED) is 0.828. The monoisotopic (exact) mass is 345 g/mol. The summed E-state index contributed by atoms with van der Waals surface area (Å²) < 4.78 is 26.4. The van der Waals surface area contributed by atoms with E-state index < -0.39 is 15.9 Å². The summed E-state index contributed by atoms with van der Waals surface area (Å²) in [5.74, 6) is -0.426. The van der Waals surface area contributed by atoms with E-state index in [9.17, 15) is 13.2 Å². The van der Waals surface area contributed by atoms with Crippen LogP contribution in [0, 0.1) is 0 Å². The zero-order valence-electron chi connectivity index (χ0n) is 10.7. The largest absolute Gasteiger partial charge is 0.351 e. The first-order valence-corrected chi connectivity index (χ1v) is 8.56. The molecule has 112 valence electrons. The minimum atomic E-state index is -3.71. The first-order chi connectivity index (χ1) is 9.97. The van der Waals surface area contributed by atoms with Crippen LogP contribution in [0.5, 0.6) is 0 Å². The predicted octanol–water partition coefficient (Wildman–Crippen LogP) is 1.39. The highest BCUT2D eigenvalue weighted by Gasteiger charge is 2.17. The number of nitrogens with zero attached hydrogens (tertiary/aromatic N) is 1. The second-order valence-electron chi connectivity index (χ2n) is 4.02.